The van der Waals surface area contributed by atoms with Crippen molar-refractivity contribution in [1.82, 2.24) is 9.97 Å². The first-order valence-corrected chi connectivity index (χ1v) is 12.1. The van der Waals surface area contributed by atoms with Gasteiger partial charge in [-0.2, -0.15) is 0 Å². The summed E-state index contributed by atoms with van der Waals surface area (Å²) in [6.07, 6.45) is 2.82. The van der Waals surface area contributed by atoms with Crippen molar-refractivity contribution in [2.45, 2.75) is 19.8 Å². The lowest BCUT2D eigenvalue weighted by Crippen LogP contribution is -2.10. The second-order valence-corrected chi connectivity index (χ2v) is 9.16. The Morgan fingerprint density at radius 1 is 1.00 bits per heavy atom. The van der Waals surface area contributed by atoms with Crippen molar-refractivity contribution in [3.8, 4) is 16.9 Å². The van der Waals surface area contributed by atoms with E-state index in [1.54, 1.807) is 6.07 Å². The molecule has 0 radical (unpaired) electrons. The number of aromatic nitrogens is 2. The van der Waals surface area contributed by atoms with Gasteiger partial charge < -0.3 is 9.72 Å². The number of hydrogen-bond donors (Lipinski definition) is 2. The third-order valence-corrected chi connectivity index (χ3v) is 5.54. The minimum Gasteiger partial charge on any atom is -0.494 e. The van der Waals surface area contributed by atoms with E-state index in [-0.39, 0.29) is 0 Å². The minimum atomic E-state index is -3.36. The lowest BCUT2D eigenvalue weighted by molar-refractivity contribution is 0.340. The smallest absolute Gasteiger partial charge is 0.229 e. The molecule has 160 valence electrons. The summed E-state index contributed by atoms with van der Waals surface area (Å²) in [4.78, 5) is 8.10. The largest absolute Gasteiger partial charge is 0.494 e. The third kappa shape index (κ3) is 5.24. The van der Waals surface area contributed by atoms with Crippen LogP contribution in [0.3, 0.4) is 0 Å². The Balaban J connectivity index is 1.54. The van der Waals surface area contributed by atoms with E-state index < -0.39 is 10.0 Å². The Labute approximate surface area is 182 Å². The van der Waals surface area contributed by atoms with Gasteiger partial charge in [-0.25, -0.2) is 13.4 Å². The highest BCUT2D eigenvalue weighted by Gasteiger charge is 2.11. The van der Waals surface area contributed by atoms with E-state index in [9.17, 15) is 8.42 Å². The minimum absolute atomic E-state index is 0.555. The fraction of sp³-hybridized carbons (Fsp3) is 0.208. The van der Waals surface area contributed by atoms with Crippen molar-refractivity contribution >= 4 is 26.7 Å². The summed E-state index contributed by atoms with van der Waals surface area (Å²) >= 11 is 0. The van der Waals surface area contributed by atoms with E-state index in [0.717, 1.165) is 52.8 Å². The summed E-state index contributed by atoms with van der Waals surface area (Å²) in [5, 5.41) is 0. The van der Waals surface area contributed by atoms with Crippen molar-refractivity contribution < 1.29 is 13.2 Å². The maximum absolute atomic E-state index is 11.7. The standard InChI is InChI=1S/C24H25N3O3S/c1-3-30-19-12-8-17(9-13-19)10-15-24-25-22-14-11-18(16-23(22)26-24)20-6-4-5-7-21(20)27-31(2,28)29/h4-9,11-14,16,27H,3,10,15H2,1-2H3,(H,25,26). The van der Waals surface area contributed by atoms with Gasteiger partial charge in [-0.15, -0.1) is 0 Å². The molecule has 0 amide bonds. The van der Waals surface area contributed by atoms with Gasteiger partial charge in [0.2, 0.25) is 10.0 Å². The van der Waals surface area contributed by atoms with Gasteiger partial charge in [0.25, 0.3) is 0 Å². The molecule has 0 unspecified atom stereocenters. The first-order chi connectivity index (χ1) is 14.9. The van der Waals surface area contributed by atoms with Crippen LogP contribution in [0.1, 0.15) is 18.3 Å². The molecule has 3 aromatic carbocycles. The topological polar surface area (TPSA) is 84.1 Å². The number of hydrogen-bond acceptors (Lipinski definition) is 4. The number of anilines is 1. The Hall–Kier alpha value is -3.32. The first-order valence-electron chi connectivity index (χ1n) is 10.2. The molecule has 0 spiro atoms. The Morgan fingerprint density at radius 3 is 2.52 bits per heavy atom. The van der Waals surface area contributed by atoms with E-state index in [0.29, 0.717) is 12.3 Å². The molecular formula is C24H25N3O3S. The third-order valence-electron chi connectivity index (χ3n) is 4.95. The van der Waals surface area contributed by atoms with Crippen molar-refractivity contribution in [1.29, 1.82) is 0 Å². The summed E-state index contributed by atoms with van der Waals surface area (Å²) in [7, 11) is -3.36. The Morgan fingerprint density at radius 2 is 1.77 bits per heavy atom. The zero-order valence-electron chi connectivity index (χ0n) is 17.6. The molecule has 0 fully saturated rings. The highest BCUT2D eigenvalue weighted by molar-refractivity contribution is 7.92. The van der Waals surface area contributed by atoms with E-state index in [1.165, 1.54) is 5.56 Å². The van der Waals surface area contributed by atoms with Gasteiger partial charge >= 0.3 is 0 Å². The number of rotatable bonds is 8. The Kier molecular flexibility index (Phi) is 5.95. The SMILES string of the molecule is CCOc1ccc(CCc2nc3ccc(-c4ccccc4NS(C)(=O)=O)cc3[nH]2)cc1. The number of aromatic amines is 1. The highest BCUT2D eigenvalue weighted by Crippen LogP contribution is 2.30. The molecule has 0 bridgehead atoms. The van der Waals surface area contributed by atoms with Gasteiger partial charge in [-0.1, -0.05) is 36.4 Å². The van der Waals surface area contributed by atoms with Crippen LogP contribution in [0.2, 0.25) is 0 Å². The highest BCUT2D eigenvalue weighted by atomic mass is 32.2. The summed E-state index contributed by atoms with van der Waals surface area (Å²) in [5.74, 6) is 1.80. The monoisotopic (exact) mass is 435 g/mol. The average molecular weight is 436 g/mol. The predicted octanol–water partition coefficient (Wildman–Crippen LogP) is 4.79. The lowest BCUT2D eigenvalue weighted by atomic mass is 10.0. The van der Waals surface area contributed by atoms with Crippen LogP contribution in [0.4, 0.5) is 5.69 Å². The van der Waals surface area contributed by atoms with Gasteiger partial charge in [0.15, 0.2) is 0 Å². The normalized spacial score (nSPS) is 11.5. The molecule has 0 atom stereocenters. The van der Waals surface area contributed by atoms with E-state index in [1.807, 2.05) is 55.5 Å². The van der Waals surface area contributed by atoms with Crippen LogP contribution in [0.25, 0.3) is 22.2 Å². The average Bonchev–Trinajstić information content (AvgIpc) is 3.15. The molecule has 31 heavy (non-hydrogen) atoms. The summed E-state index contributed by atoms with van der Waals surface area (Å²) < 4.78 is 31.5. The van der Waals surface area contributed by atoms with Crippen LogP contribution in [0.5, 0.6) is 5.75 Å². The number of benzene rings is 3. The molecule has 0 saturated heterocycles. The van der Waals surface area contributed by atoms with Crippen LogP contribution in [-0.2, 0) is 22.9 Å². The molecule has 4 aromatic rings. The summed E-state index contributed by atoms with van der Waals surface area (Å²) in [5.41, 5.74) is 5.33. The van der Waals surface area contributed by atoms with Crippen LogP contribution >= 0.6 is 0 Å². The zero-order valence-corrected chi connectivity index (χ0v) is 18.4. The van der Waals surface area contributed by atoms with E-state index in [4.69, 9.17) is 9.72 Å². The molecule has 2 N–H and O–H groups in total. The fourth-order valence-corrected chi connectivity index (χ4v) is 4.13. The van der Waals surface area contributed by atoms with Gasteiger partial charge in [0, 0.05) is 12.0 Å². The molecule has 0 aliphatic carbocycles. The number of aryl methyl sites for hydroxylation is 2. The van der Waals surface area contributed by atoms with Gasteiger partial charge in [-0.05, 0) is 54.8 Å². The maximum Gasteiger partial charge on any atom is 0.229 e. The van der Waals surface area contributed by atoms with Crippen LogP contribution in [-0.4, -0.2) is 31.2 Å². The van der Waals surface area contributed by atoms with E-state index >= 15 is 0 Å². The number of H-pyrrole nitrogens is 1. The molecule has 0 aliphatic rings. The van der Waals surface area contributed by atoms with Gasteiger partial charge in [-0.3, -0.25) is 4.72 Å². The number of nitrogens with one attached hydrogen (secondary N) is 2. The lowest BCUT2D eigenvalue weighted by Gasteiger charge is -2.10. The molecule has 4 rings (SSSR count). The number of para-hydroxylation sites is 1. The molecule has 7 heteroatoms. The quantitative estimate of drug-likeness (QED) is 0.417. The summed E-state index contributed by atoms with van der Waals surface area (Å²) in [6.45, 7) is 2.64. The van der Waals surface area contributed by atoms with Gasteiger partial charge in [0.05, 0.1) is 29.6 Å². The van der Waals surface area contributed by atoms with Crippen molar-refractivity contribution in [3.05, 3.63) is 78.1 Å². The molecular weight excluding hydrogens is 410 g/mol. The molecule has 0 saturated carbocycles. The van der Waals surface area contributed by atoms with E-state index in [2.05, 4.69) is 21.8 Å². The number of ether oxygens (including phenoxy) is 1. The van der Waals surface area contributed by atoms with Crippen molar-refractivity contribution in [2.24, 2.45) is 0 Å². The van der Waals surface area contributed by atoms with Gasteiger partial charge in [0.1, 0.15) is 11.6 Å². The molecule has 0 aliphatic heterocycles. The zero-order chi connectivity index (χ0) is 21.8. The molecule has 6 nitrogen and oxygen atoms in total. The number of imidazole rings is 1. The number of sulfonamides is 1. The van der Waals surface area contributed by atoms with Crippen molar-refractivity contribution in [3.63, 3.8) is 0 Å². The molecule has 1 aromatic heterocycles. The second-order valence-electron chi connectivity index (χ2n) is 7.41. The number of fused-ring (bicyclic) bond motifs is 1. The maximum atomic E-state index is 11.7. The van der Waals surface area contributed by atoms with Crippen LogP contribution in [0, 0.1) is 0 Å². The van der Waals surface area contributed by atoms with Crippen molar-refractivity contribution in [2.75, 3.05) is 17.6 Å². The first kappa shape index (κ1) is 20.9. The van der Waals surface area contributed by atoms with Crippen LogP contribution < -0.4 is 9.46 Å². The fourth-order valence-electron chi connectivity index (χ4n) is 3.55. The van der Waals surface area contributed by atoms with Crippen LogP contribution in [0.15, 0.2) is 66.7 Å². The summed E-state index contributed by atoms with van der Waals surface area (Å²) in [6, 6.07) is 21.4. The predicted molar refractivity (Wildman–Crippen MR) is 125 cm³/mol. The Bertz CT molecular complexity index is 1300. The molecule has 1 heterocycles. The second kappa shape index (κ2) is 8.81. The number of nitrogens with zero attached hydrogens (tertiary/aromatic N) is 1.